The number of hydrogen-bond acceptors (Lipinski definition) is 5. The summed E-state index contributed by atoms with van der Waals surface area (Å²) in [7, 11) is 1.21. The summed E-state index contributed by atoms with van der Waals surface area (Å²) in [6.07, 6.45) is -1.18. The van der Waals surface area contributed by atoms with Gasteiger partial charge in [0.05, 0.1) is 29.4 Å². The zero-order valence-electron chi connectivity index (χ0n) is 16.0. The molecule has 4 rings (SSSR count). The maximum absolute atomic E-state index is 13.5. The van der Waals surface area contributed by atoms with Crippen molar-refractivity contribution < 1.29 is 17.9 Å². The molecule has 1 N–H and O–H groups in total. The average Bonchev–Trinajstić information content (AvgIpc) is 3.32. The van der Waals surface area contributed by atoms with Gasteiger partial charge in [0.1, 0.15) is 16.1 Å². The van der Waals surface area contributed by atoms with Crippen LogP contribution in [0.2, 0.25) is 0 Å². The Bertz CT molecular complexity index is 1110. The summed E-state index contributed by atoms with van der Waals surface area (Å²) in [5.74, 6) is 0.308. The van der Waals surface area contributed by atoms with Crippen molar-refractivity contribution in [2.45, 2.75) is 25.9 Å². The second-order valence-electron chi connectivity index (χ2n) is 7.11. The van der Waals surface area contributed by atoms with Gasteiger partial charge in [-0.2, -0.15) is 13.2 Å². The lowest BCUT2D eigenvalue weighted by Gasteiger charge is -2.16. The molecule has 1 aliphatic heterocycles. The van der Waals surface area contributed by atoms with Crippen LogP contribution >= 0.6 is 11.3 Å². The Morgan fingerprint density at radius 1 is 1.38 bits per heavy atom. The van der Waals surface area contributed by atoms with E-state index in [0.717, 1.165) is 37.0 Å². The number of rotatable bonds is 4. The third-order valence-electron chi connectivity index (χ3n) is 5.40. The van der Waals surface area contributed by atoms with E-state index in [4.69, 9.17) is 4.74 Å². The minimum atomic E-state index is -4.55. The van der Waals surface area contributed by atoms with Crippen LogP contribution in [0.3, 0.4) is 0 Å². The molecule has 5 nitrogen and oxygen atoms in total. The molecular formula is C20H20F3N3O2S. The number of methoxy groups -OCH3 is 1. The first-order valence-corrected chi connectivity index (χ1v) is 10.2. The molecule has 1 fully saturated rings. The number of nitrogens with one attached hydrogen (secondary N) is 1. The number of aromatic nitrogens is 2. The molecule has 1 aliphatic rings. The molecule has 0 saturated carbocycles. The van der Waals surface area contributed by atoms with Crippen LogP contribution < -0.4 is 15.2 Å². The number of nitrogens with zero attached hydrogens (tertiary/aromatic N) is 2. The molecular weight excluding hydrogens is 403 g/mol. The highest BCUT2D eigenvalue weighted by Crippen LogP contribution is 2.45. The Hall–Kier alpha value is -2.55. The van der Waals surface area contributed by atoms with Crippen LogP contribution in [-0.4, -0.2) is 30.2 Å². The summed E-state index contributed by atoms with van der Waals surface area (Å²) in [4.78, 5) is 22.2. The molecule has 1 atom stereocenters. The lowest BCUT2D eigenvalue weighted by molar-refractivity contribution is -0.138. The second kappa shape index (κ2) is 7.37. The van der Waals surface area contributed by atoms with Crippen LogP contribution in [0.5, 0.6) is 5.75 Å². The van der Waals surface area contributed by atoms with Crippen molar-refractivity contribution in [2.24, 2.45) is 5.92 Å². The summed E-state index contributed by atoms with van der Waals surface area (Å²) in [5.41, 5.74) is -0.342. The molecule has 1 saturated heterocycles. The molecule has 0 radical (unpaired) electrons. The lowest BCUT2D eigenvalue weighted by atomic mass is 10.1. The third kappa shape index (κ3) is 3.48. The number of thiophene rings is 1. The molecule has 1 unspecified atom stereocenters. The summed E-state index contributed by atoms with van der Waals surface area (Å²) < 4.78 is 45.3. The smallest absolute Gasteiger partial charge is 0.419 e. The fourth-order valence-corrected chi connectivity index (χ4v) is 5.08. The van der Waals surface area contributed by atoms with Crippen molar-refractivity contribution in [3.8, 4) is 16.2 Å². The van der Waals surface area contributed by atoms with E-state index in [1.54, 1.807) is 6.07 Å². The zero-order valence-corrected chi connectivity index (χ0v) is 16.8. The number of fused-ring (bicyclic) bond motifs is 1. The Balaban J connectivity index is 1.90. The summed E-state index contributed by atoms with van der Waals surface area (Å²) >= 11 is 1.32. The van der Waals surface area contributed by atoms with Crippen LogP contribution in [0.15, 0.2) is 29.3 Å². The number of H-pyrrole nitrogens is 1. The van der Waals surface area contributed by atoms with Crippen molar-refractivity contribution in [1.82, 2.24) is 9.97 Å². The van der Waals surface area contributed by atoms with Crippen molar-refractivity contribution in [1.29, 1.82) is 0 Å². The minimum absolute atomic E-state index is 0.238. The fraction of sp³-hybridized carbons (Fsp3) is 0.400. The van der Waals surface area contributed by atoms with Crippen LogP contribution in [0.25, 0.3) is 21.3 Å². The van der Waals surface area contributed by atoms with Gasteiger partial charge < -0.3 is 14.6 Å². The zero-order chi connectivity index (χ0) is 20.8. The van der Waals surface area contributed by atoms with E-state index in [0.29, 0.717) is 27.3 Å². The lowest BCUT2D eigenvalue weighted by Crippen LogP contribution is -2.20. The molecule has 9 heteroatoms. The van der Waals surface area contributed by atoms with Crippen LogP contribution in [-0.2, 0) is 6.18 Å². The highest BCUT2D eigenvalue weighted by Gasteiger charge is 2.35. The molecule has 3 aromatic rings. The summed E-state index contributed by atoms with van der Waals surface area (Å²) in [6.45, 7) is 3.78. The van der Waals surface area contributed by atoms with Crippen LogP contribution in [0, 0.1) is 5.92 Å². The maximum atomic E-state index is 13.5. The number of hydrogen-bond donors (Lipinski definition) is 1. The third-order valence-corrected chi connectivity index (χ3v) is 6.69. The second-order valence-corrected chi connectivity index (χ2v) is 8.11. The SMILES string of the molecule is CCC1CCN(c2sc(-c3ccc(OC)c(C(F)(F)F)c3)c3nc[nH]c(=O)c23)C1. The topological polar surface area (TPSA) is 58.2 Å². The number of halogens is 3. The molecule has 154 valence electrons. The van der Waals surface area contributed by atoms with Crippen LogP contribution in [0.4, 0.5) is 18.2 Å². The first-order valence-electron chi connectivity index (χ1n) is 9.34. The van der Waals surface area contributed by atoms with E-state index in [1.165, 1.54) is 30.8 Å². The molecule has 2 aromatic heterocycles. The molecule has 29 heavy (non-hydrogen) atoms. The van der Waals surface area contributed by atoms with Crippen molar-refractivity contribution in [3.05, 3.63) is 40.4 Å². The van der Waals surface area contributed by atoms with Gasteiger partial charge in [0.25, 0.3) is 5.56 Å². The highest BCUT2D eigenvalue weighted by atomic mass is 32.1. The van der Waals surface area contributed by atoms with Gasteiger partial charge in [-0.25, -0.2) is 4.98 Å². The van der Waals surface area contributed by atoms with Gasteiger partial charge >= 0.3 is 6.18 Å². The van der Waals surface area contributed by atoms with E-state index in [-0.39, 0.29) is 11.3 Å². The molecule has 3 heterocycles. The van der Waals surface area contributed by atoms with Crippen molar-refractivity contribution >= 4 is 27.2 Å². The number of aromatic amines is 1. The predicted octanol–water partition coefficient (Wildman–Crippen LogP) is 4.92. The number of anilines is 1. The van der Waals surface area contributed by atoms with E-state index >= 15 is 0 Å². The van der Waals surface area contributed by atoms with E-state index < -0.39 is 11.7 Å². The standard InChI is InChI=1S/C20H20F3N3O2S/c1-3-11-6-7-26(9-11)19-15-16(24-10-25-18(15)27)17(29-19)12-4-5-14(28-2)13(8-12)20(21,22)23/h4-5,8,10-11H,3,6-7,9H2,1-2H3,(H,24,25,27). The summed E-state index contributed by atoms with van der Waals surface area (Å²) in [6, 6.07) is 3.94. The first kappa shape index (κ1) is 19.8. The number of ether oxygens (including phenoxy) is 1. The van der Waals surface area contributed by atoms with Gasteiger partial charge in [-0.15, -0.1) is 11.3 Å². The predicted molar refractivity (Wildman–Crippen MR) is 108 cm³/mol. The molecule has 1 aromatic carbocycles. The number of benzene rings is 1. The van der Waals surface area contributed by atoms with Gasteiger partial charge in [0.15, 0.2) is 0 Å². The monoisotopic (exact) mass is 423 g/mol. The van der Waals surface area contributed by atoms with Crippen molar-refractivity contribution in [3.63, 3.8) is 0 Å². The largest absolute Gasteiger partial charge is 0.496 e. The molecule has 0 spiro atoms. The first-order chi connectivity index (χ1) is 13.8. The van der Waals surface area contributed by atoms with Crippen LogP contribution in [0.1, 0.15) is 25.3 Å². The summed E-state index contributed by atoms with van der Waals surface area (Å²) in [5, 5.41) is 1.21. The van der Waals surface area contributed by atoms with E-state index in [2.05, 4.69) is 21.8 Å². The minimum Gasteiger partial charge on any atom is -0.496 e. The number of alkyl halides is 3. The van der Waals surface area contributed by atoms with Gasteiger partial charge in [0.2, 0.25) is 0 Å². The molecule has 0 aliphatic carbocycles. The van der Waals surface area contributed by atoms with Gasteiger partial charge in [-0.05, 0) is 36.1 Å². The van der Waals surface area contributed by atoms with Crippen molar-refractivity contribution in [2.75, 3.05) is 25.1 Å². The Morgan fingerprint density at radius 3 is 2.83 bits per heavy atom. The van der Waals surface area contributed by atoms with E-state index in [9.17, 15) is 18.0 Å². The molecule has 0 bridgehead atoms. The van der Waals surface area contributed by atoms with Gasteiger partial charge in [0, 0.05) is 13.1 Å². The van der Waals surface area contributed by atoms with Gasteiger partial charge in [-0.3, -0.25) is 4.79 Å². The maximum Gasteiger partial charge on any atom is 0.419 e. The molecule has 0 amide bonds. The van der Waals surface area contributed by atoms with E-state index in [1.807, 2.05) is 0 Å². The fourth-order valence-electron chi connectivity index (χ4n) is 3.81. The Morgan fingerprint density at radius 2 is 2.17 bits per heavy atom. The Kier molecular flexibility index (Phi) is 5.02. The average molecular weight is 423 g/mol. The quantitative estimate of drug-likeness (QED) is 0.648. The van der Waals surface area contributed by atoms with Gasteiger partial charge in [-0.1, -0.05) is 13.3 Å². The highest BCUT2D eigenvalue weighted by molar-refractivity contribution is 7.21. The Labute approximate surface area is 169 Å². The normalized spacial score (nSPS) is 17.3.